The zero-order valence-electron chi connectivity index (χ0n) is 11.0. The van der Waals surface area contributed by atoms with Crippen LogP contribution in [0.25, 0.3) is 0 Å². The lowest BCUT2D eigenvalue weighted by atomic mass is 9.87. The van der Waals surface area contributed by atoms with Gasteiger partial charge in [0.25, 0.3) is 0 Å². The molecular weight excluding hydrogens is 262 g/mol. The van der Waals surface area contributed by atoms with Gasteiger partial charge in [0, 0.05) is 4.88 Å². The summed E-state index contributed by atoms with van der Waals surface area (Å²) in [6.45, 7) is 1.92. The number of aryl methyl sites for hydroxylation is 1. The summed E-state index contributed by atoms with van der Waals surface area (Å²) >= 11 is 1.69. The number of nitrogens with one attached hydrogen (secondary N) is 1. The Hall–Kier alpha value is -1.36. The number of carboxylic acid groups (broad SMARTS) is 1. The average Bonchev–Trinajstić information content (AvgIpc) is 2.85. The predicted molar refractivity (Wildman–Crippen MR) is 74.5 cm³/mol. The highest BCUT2D eigenvalue weighted by atomic mass is 32.1. The second kappa shape index (κ2) is 6.19. The van der Waals surface area contributed by atoms with Gasteiger partial charge in [0.15, 0.2) is 0 Å². The molecule has 1 heterocycles. The molecule has 104 valence electrons. The van der Waals surface area contributed by atoms with Crippen molar-refractivity contribution < 1.29 is 14.7 Å². The predicted octanol–water partition coefficient (Wildman–Crippen LogP) is 2.54. The zero-order chi connectivity index (χ0) is 13.8. The molecule has 2 rings (SSSR count). The Morgan fingerprint density at radius 3 is 3.05 bits per heavy atom. The summed E-state index contributed by atoms with van der Waals surface area (Å²) in [5, 5.41) is 13.8. The van der Waals surface area contributed by atoms with Gasteiger partial charge in [-0.25, -0.2) is 4.79 Å². The van der Waals surface area contributed by atoms with Crippen molar-refractivity contribution in [2.75, 3.05) is 0 Å². The largest absolute Gasteiger partial charge is 0.480 e. The number of thiophene rings is 1. The Morgan fingerprint density at radius 1 is 1.58 bits per heavy atom. The molecule has 19 heavy (non-hydrogen) atoms. The van der Waals surface area contributed by atoms with Gasteiger partial charge in [0.2, 0.25) is 5.91 Å². The van der Waals surface area contributed by atoms with Crippen molar-refractivity contribution in [3.63, 3.8) is 0 Å². The number of carbonyl (C=O) groups is 2. The number of carbonyl (C=O) groups excluding carboxylic acids is 1. The Morgan fingerprint density at radius 2 is 2.37 bits per heavy atom. The van der Waals surface area contributed by atoms with E-state index in [-0.39, 0.29) is 11.8 Å². The number of amides is 1. The van der Waals surface area contributed by atoms with Gasteiger partial charge in [0.05, 0.1) is 5.92 Å². The highest BCUT2D eigenvalue weighted by Crippen LogP contribution is 2.35. The highest BCUT2D eigenvalue weighted by Gasteiger charge is 2.29. The Labute approximate surface area is 116 Å². The van der Waals surface area contributed by atoms with E-state index in [4.69, 9.17) is 5.11 Å². The van der Waals surface area contributed by atoms with Crippen LogP contribution in [0, 0.1) is 0 Å². The lowest BCUT2D eigenvalue weighted by molar-refractivity contribution is -0.142. The molecule has 0 fully saturated rings. The molecule has 5 heteroatoms. The molecule has 1 unspecified atom stereocenters. The van der Waals surface area contributed by atoms with Crippen LogP contribution in [-0.2, 0) is 16.0 Å². The molecule has 1 aromatic heterocycles. The SMILES string of the molecule is CCC[C@@H](NC(=O)C1CCCc2sccc21)C(=O)O. The first kappa shape index (κ1) is 14.1. The maximum atomic E-state index is 12.3. The molecule has 1 aromatic rings. The first-order chi connectivity index (χ1) is 9.13. The van der Waals surface area contributed by atoms with Crippen LogP contribution in [0.1, 0.15) is 49.0 Å². The molecular formula is C14H19NO3S. The Balaban J connectivity index is 2.07. The van der Waals surface area contributed by atoms with Crippen LogP contribution in [0.5, 0.6) is 0 Å². The minimum absolute atomic E-state index is 0.139. The van der Waals surface area contributed by atoms with Crippen molar-refractivity contribution in [2.45, 2.75) is 51.0 Å². The number of hydrogen-bond donors (Lipinski definition) is 2. The van der Waals surface area contributed by atoms with Crippen molar-refractivity contribution in [1.29, 1.82) is 0 Å². The van der Waals surface area contributed by atoms with Gasteiger partial charge < -0.3 is 10.4 Å². The van der Waals surface area contributed by atoms with Gasteiger partial charge in [-0.15, -0.1) is 11.3 Å². The minimum atomic E-state index is -0.948. The second-order valence-electron chi connectivity index (χ2n) is 4.93. The van der Waals surface area contributed by atoms with Crippen molar-refractivity contribution in [2.24, 2.45) is 0 Å². The lowest BCUT2D eigenvalue weighted by Crippen LogP contribution is -2.43. The van der Waals surface area contributed by atoms with Gasteiger partial charge in [-0.2, -0.15) is 0 Å². The summed E-state index contributed by atoms with van der Waals surface area (Å²) in [6.07, 6.45) is 4.06. The smallest absolute Gasteiger partial charge is 0.326 e. The third-order valence-corrected chi connectivity index (χ3v) is 4.56. The van der Waals surface area contributed by atoms with E-state index in [0.29, 0.717) is 6.42 Å². The van der Waals surface area contributed by atoms with E-state index in [0.717, 1.165) is 31.2 Å². The first-order valence-corrected chi connectivity index (χ1v) is 7.61. The van der Waals surface area contributed by atoms with E-state index in [1.54, 1.807) is 11.3 Å². The van der Waals surface area contributed by atoms with Crippen LogP contribution in [0.3, 0.4) is 0 Å². The third kappa shape index (κ3) is 3.15. The fraction of sp³-hybridized carbons (Fsp3) is 0.571. The Kier molecular flexibility index (Phi) is 4.58. The monoisotopic (exact) mass is 281 g/mol. The molecule has 1 amide bonds. The van der Waals surface area contributed by atoms with Crippen LogP contribution in [0.4, 0.5) is 0 Å². The van der Waals surface area contributed by atoms with Crippen molar-refractivity contribution in [1.82, 2.24) is 5.32 Å². The topological polar surface area (TPSA) is 66.4 Å². The van der Waals surface area contributed by atoms with Crippen LogP contribution >= 0.6 is 11.3 Å². The second-order valence-corrected chi connectivity index (χ2v) is 5.93. The van der Waals surface area contributed by atoms with E-state index in [1.807, 2.05) is 18.4 Å². The van der Waals surface area contributed by atoms with E-state index in [9.17, 15) is 9.59 Å². The molecule has 0 saturated carbocycles. The molecule has 0 spiro atoms. The fourth-order valence-electron chi connectivity index (χ4n) is 2.58. The van der Waals surface area contributed by atoms with Crippen LogP contribution < -0.4 is 5.32 Å². The normalized spacial score (nSPS) is 19.5. The molecule has 0 bridgehead atoms. The van der Waals surface area contributed by atoms with Crippen LogP contribution in [0.15, 0.2) is 11.4 Å². The highest BCUT2D eigenvalue weighted by molar-refractivity contribution is 7.10. The van der Waals surface area contributed by atoms with E-state index >= 15 is 0 Å². The first-order valence-electron chi connectivity index (χ1n) is 6.73. The van der Waals surface area contributed by atoms with Gasteiger partial charge in [0.1, 0.15) is 6.04 Å². The van der Waals surface area contributed by atoms with E-state index < -0.39 is 12.0 Å². The molecule has 0 aromatic carbocycles. The maximum Gasteiger partial charge on any atom is 0.326 e. The maximum absolute atomic E-state index is 12.3. The standard InChI is InChI=1S/C14H19NO3S/c1-2-4-11(14(17)18)15-13(16)10-5-3-6-12-9(10)7-8-19-12/h7-8,10-11H,2-6H2,1H3,(H,15,16)(H,17,18)/t10?,11-/m1/s1. The van der Waals surface area contributed by atoms with Gasteiger partial charge >= 0.3 is 5.97 Å². The van der Waals surface area contributed by atoms with Crippen LogP contribution in [0.2, 0.25) is 0 Å². The number of aliphatic carboxylic acids is 1. The zero-order valence-corrected chi connectivity index (χ0v) is 11.8. The van der Waals surface area contributed by atoms with E-state index in [2.05, 4.69) is 5.32 Å². The molecule has 2 N–H and O–H groups in total. The Bertz CT molecular complexity index is 469. The molecule has 0 aliphatic heterocycles. The average molecular weight is 281 g/mol. The molecule has 0 saturated heterocycles. The molecule has 2 atom stereocenters. The minimum Gasteiger partial charge on any atom is -0.480 e. The van der Waals surface area contributed by atoms with Crippen molar-refractivity contribution in [3.05, 3.63) is 21.9 Å². The summed E-state index contributed by atoms with van der Waals surface area (Å²) < 4.78 is 0. The summed E-state index contributed by atoms with van der Waals surface area (Å²) in [7, 11) is 0. The van der Waals surface area contributed by atoms with Gasteiger partial charge in [-0.05, 0) is 42.7 Å². The van der Waals surface area contributed by atoms with Crippen molar-refractivity contribution >= 4 is 23.2 Å². The van der Waals surface area contributed by atoms with Crippen molar-refractivity contribution in [3.8, 4) is 0 Å². The third-order valence-electron chi connectivity index (χ3n) is 3.56. The van der Waals surface area contributed by atoms with E-state index in [1.165, 1.54) is 4.88 Å². The fourth-order valence-corrected chi connectivity index (χ4v) is 3.56. The molecule has 1 aliphatic carbocycles. The number of rotatable bonds is 5. The number of hydrogen-bond acceptors (Lipinski definition) is 3. The summed E-state index contributed by atoms with van der Waals surface area (Å²) in [4.78, 5) is 24.6. The summed E-state index contributed by atoms with van der Waals surface area (Å²) in [6, 6.07) is 1.24. The molecule has 1 aliphatic rings. The summed E-state index contributed by atoms with van der Waals surface area (Å²) in [5.41, 5.74) is 1.09. The number of fused-ring (bicyclic) bond motifs is 1. The van der Waals surface area contributed by atoms with Gasteiger partial charge in [-0.1, -0.05) is 13.3 Å². The lowest BCUT2D eigenvalue weighted by Gasteiger charge is -2.23. The van der Waals surface area contributed by atoms with Gasteiger partial charge in [-0.3, -0.25) is 4.79 Å². The molecule has 0 radical (unpaired) electrons. The number of carboxylic acids is 1. The quantitative estimate of drug-likeness (QED) is 0.871. The molecule has 4 nitrogen and oxygen atoms in total. The summed E-state index contributed by atoms with van der Waals surface area (Å²) in [5.74, 6) is -1.26. The van der Waals surface area contributed by atoms with Crippen LogP contribution in [-0.4, -0.2) is 23.0 Å².